The molecule has 4 aromatic rings. The average Bonchev–Trinajstić information content (AvgIpc) is 3.28. The molecule has 0 saturated carbocycles. The Labute approximate surface area is 226 Å². The summed E-state index contributed by atoms with van der Waals surface area (Å²) in [7, 11) is 0. The van der Waals surface area contributed by atoms with Gasteiger partial charge >= 0.3 is 6.09 Å². The van der Waals surface area contributed by atoms with Gasteiger partial charge in [-0.05, 0) is 36.8 Å². The topological polar surface area (TPSA) is 113 Å². The highest BCUT2D eigenvalue weighted by atomic mass is 16.5. The third-order valence-electron chi connectivity index (χ3n) is 6.53. The van der Waals surface area contributed by atoms with Gasteiger partial charge < -0.3 is 19.5 Å². The Balaban J connectivity index is 1.26. The Morgan fingerprint density at radius 1 is 1.13 bits per heavy atom. The van der Waals surface area contributed by atoms with Gasteiger partial charge in [0.1, 0.15) is 25.0 Å². The quantitative estimate of drug-likeness (QED) is 0.322. The van der Waals surface area contributed by atoms with E-state index in [9.17, 15) is 10.1 Å². The molecule has 0 unspecified atom stereocenters. The molecule has 1 fully saturated rings. The molecular formula is C29H30N6O4. The highest BCUT2D eigenvalue weighted by Gasteiger charge is 2.18. The fourth-order valence-electron chi connectivity index (χ4n) is 4.38. The van der Waals surface area contributed by atoms with Gasteiger partial charge in [0, 0.05) is 30.9 Å². The molecule has 200 valence electrons. The van der Waals surface area contributed by atoms with Crippen LogP contribution in [0.3, 0.4) is 0 Å². The predicted molar refractivity (Wildman–Crippen MR) is 147 cm³/mol. The van der Waals surface area contributed by atoms with E-state index in [-0.39, 0.29) is 6.61 Å². The van der Waals surface area contributed by atoms with Crippen LogP contribution in [0.15, 0.2) is 67.0 Å². The Hall–Kier alpha value is -4.59. The van der Waals surface area contributed by atoms with E-state index in [2.05, 4.69) is 26.7 Å². The Morgan fingerprint density at radius 2 is 1.90 bits per heavy atom. The van der Waals surface area contributed by atoms with Crippen LogP contribution in [0.25, 0.3) is 5.52 Å². The highest BCUT2D eigenvalue weighted by molar-refractivity contribution is 5.92. The SMILES string of the molecule is Cc1c(NC(=O)OCCN2CCOCC2)cn2ncc(C#N)c(Nc3ccc(OCc4ccccc4)cc3)c12. The van der Waals surface area contributed by atoms with Gasteiger partial charge in [-0.1, -0.05) is 30.3 Å². The zero-order valence-electron chi connectivity index (χ0n) is 21.7. The van der Waals surface area contributed by atoms with E-state index in [4.69, 9.17) is 14.2 Å². The zero-order valence-corrected chi connectivity index (χ0v) is 21.7. The molecule has 0 radical (unpaired) electrons. The molecule has 2 aromatic carbocycles. The van der Waals surface area contributed by atoms with Crippen molar-refractivity contribution in [3.63, 3.8) is 0 Å². The first-order valence-corrected chi connectivity index (χ1v) is 12.8. The van der Waals surface area contributed by atoms with Gasteiger partial charge in [0.2, 0.25) is 0 Å². The van der Waals surface area contributed by atoms with Gasteiger partial charge in [-0.2, -0.15) is 10.4 Å². The molecule has 2 aromatic heterocycles. The standard InChI is InChI=1S/C29H30N6O4/c1-21-26(33-29(36)38-16-13-34-11-14-37-15-12-34)19-35-28(21)27(23(17-30)18-31-35)32-24-7-9-25(10-8-24)39-20-22-5-3-2-4-6-22/h2-10,18-19,32H,11-16,20H2,1H3,(H,33,36). The van der Waals surface area contributed by atoms with E-state index in [1.165, 1.54) is 6.20 Å². The molecular weight excluding hydrogens is 496 g/mol. The zero-order chi connectivity index (χ0) is 27.0. The smallest absolute Gasteiger partial charge is 0.411 e. The van der Waals surface area contributed by atoms with Crippen LogP contribution in [-0.2, 0) is 16.1 Å². The summed E-state index contributed by atoms with van der Waals surface area (Å²) >= 11 is 0. The molecule has 1 saturated heterocycles. The van der Waals surface area contributed by atoms with Gasteiger partial charge in [0.05, 0.1) is 48.1 Å². The molecule has 1 aliphatic heterocycles. The van der Waals surface area contributed by atoms with E-state index < -0.39 is 6.09 Å². The second-order valence-electron chi connectivity index (χ2n) is 9.14. The third-order valence-corrected chi connectivity index (χ3v) is 6.53. The number of carbonyl (C=O) groups excluding carboxylic acids is 1. The van der Waals surface area contributed by atoms with Crippen LogP contribution in [-0.4, -0.2) is 60.1 Å². The molecule has 0 spiro atoms. The lowest BCUT2D eigenvalue weighted by molar-refractivity contribution is 0.0290. The van der Waals surface area contributed by atoms with Crippen LogP contribution in [0.4, 0.5) is 21.9 Å². The van der Waals surface area contributed by atoms with E-state index >= 15 is 0 Å². The number of nitriles is 1. The maximum absolute atomic E-state index is 12.5. The molecule has 1 amide bonds. The Kier molecular flexibility index (Phi) is 8.21. The molecule has 0 bridgehead atoms. The number of ether oxygens (including phenoxy) is 3. The van der Waals surface area contributed by atoms with E-state index in [1.54, 1.807) is 10.7 Å². The number of fused-ring (bicyclic) bond motifs is 1. The second-order valence-corrected chi connectivity index (χ2v) is 9.14. The van der Waals surface area contributed by atoms with Crippen molar-refractivity contribution in [3.8, 4) is 11.8 Å². The van der Waals surface area contributed by atoms with E-state index in [0.717, 1.165) is 35.7 Å². The number of nitrogens with one attached hydrogen (secondary N) is 2. The maximum Gasteiger partial charge on any atom is 0.411 e. The molecule has 39 heavy (non-hydrogen) atoms. The lowest BCUT2D eigenvalue weighted by Gasteiger charge is -2.26. The van der Waals surface area contributed by atoms with Crippen LogP contribution in [0, 0.1) is 18.3 Å². The van der Waals surface area contributed by atoms with Crippen LogP contribution >= 0.6 is 0 Å². The summed E-state index contributed by atoms with van der Waals surface area (Å²) in [5.74, 6) is 0.738. The molecule has 3 heterocycles. The maximum atomic E-state index is 12.5. The number of hydrogen-bond donors (Lipinski definition) is 2. The minimum atomic E-state index is -0.539. The summed E-state index contributed by atoms with van der Waals surface area (Å²) in [5, 5.41) is 20.3. The van der Waals surface area contributed by atoms with E-state index in [0.29, 0.717) is 48.8 Å². The number of aryl methyl sites for hydroxylation is 1. The van der Waals surface area contributed by atoms with Crippen molar-refractivity contribution in [2.45, 2.75) is 13.5 Å². The van der Waals surface area contributed by atoms with Crippen molar-refractivity contribution in [1.29, 1.82) is 5.26 Å². The number of morpholine rings is 1. The number of aromatic nitrogens is 2. The Bertz CT molecular complexity index is 1460. The normalized spacial score (nSPS) is 13.5. The Morgan fingerprint density at radius 3 is 2.64 bits per heavy atom. The van der Waals surface area contributed by atoms with Crippen molar-refractivity contribution >= 4 is 28.7 Å². The monoisotopic (exact) mass is 526 g/mol. The van der Waals surface area contributed by atoms with Gasteiger partial charge in [0.25, 0.3) is 0 Å². The van der Waals surface area contributed by atoms with Crippen LogP contribution in [0.2, 0.25) is 0 Å². The molecule has 2 N–H and O–H groups in total. The summed E-state index contributed by atoms with van der Waals surface area (Å²) in [5.41, 5.74) is 4.85. The second kappa shape index (κ2) is 12.3. The van der Waals surface area contributed by atoms with Crippen LogP contribution in [0.1, 0.15) is 16.7 Å². The van der Waals surface area contributed by atoms with Crippen molar-refractivity contribution in [1.82, 2.24) is 14.5 Å². The first-order chi connectivity index (χ1) is 19.1. The molecule has 10 heteroatoms. The highest BCUT2D eigenvalue weighted by Crippen LogP contribution is 2.32. The first kappa shape index (κ1) is 26.0. The molecule has 1 aliphatic rings. The van der Waals surface area contributed by atoms with Crippen molar-refractivity contribution < 1.29 is 19.0 Å². The number of anilines is 3. The lowest BCUT2D eigenvalue weighted by atomic mass is 10.1. The summed E-state index contributed by atoms with van der Waals surface area (Å²) < 4.78 is 18.2. The van der Waals surface area contributed by atoms with Gasteiger partial charge in [0.15, 0.2) is 0 Å². The summed E-state index contributed by atoms with van der Waals surface area (Å²) in [6.07, 6.45) is 2.67. The largest absolute Gasteiger partial charge is 0.489 e. The number of carbonyl (C=O) groups is 1. The fourth-order valence-corrected chi connectivity index (χ4v) is 4.38. The predicted octanol–water partition coefficient (Wildman–Crippen LogP) is 4.72. The summed E-state index contributed by atoms with van der Waals surface area (Å²) in [4.78, 5) is 14.7. The van der Waals surface area contributed by atoms with Crippen molar-refractivity contribution in [2.75, 3.05) is 50.1 Å². The van der Waals surface area contributed by atoms with Crippen molar-refractivity contribution in [3.05, 3.63) is 83.7 Å². The van der Waals surface area contributed by atoms with Crippen LogP contribution in [0.5, 0.6) is 5.75 Å². The molecule has 10 nitrogen and oxygen atoms in total. The number of benzene rings is 2. The number of hydrogen-bond acceptors (Lipinski definition) is 8. The number of amides is 1. The molecule has 5 rings (SSSR count). The summed E-state index contributed by atoms with van der Waals surface area (Å²) in [6, 6.07) is 19.7. The van der Waals surface area contributed by atoms with Crippen LogP contribution < -0.4 is 15.4 Å². The van der Waals surface area contributed by atoms with Crippen molar-refractivity contribution in [2.24, 2.45) is 0 Å². The fraction of sp³-hybridized carbons (Fsp3) is 0.276. The van der Waals surface area contributed by atoms with Gasteiger partial charge in [-0.3, -0.25) is 10.2 Å². The van der Waals surface area contributed by atoms with Gasteiger partial charge in [-0.25, -0.2) is 9.31 Å². The minimum Gasteiger partial charge on any atom is -0.489 e. The lowest BCUT2D eigenvalue weighted by Crippen LogP contribution is -2.38. The van der Waals surface area contributed by atoms with Gasteiger partial charge in [-0.15, -0.1) is 0 Å². The molecule has 0 atom stereocenters. The first-order valence-electron chi connectivity index (χ1n) is 12.8. The molecule has 0 aliphatic carbocycles. The minimum absolute atomic E-state index is 0.285. The van der Waals surface area contributed by atoms with E-state index in [1.807, 2.05) is 61.5 Å². The summed E-state index contributed by atoms with van der Waals surface area (Å²) in [6.45, 7) is 6.35. The average molecular weight is 527 g/mol. The third kappa shape index (κ3) is 6.46. The number of rotatable bonds is 9. The number of nitrogens with zero attached hydrogens (tertiary/aromatic N) is 4.